The molecule has 0 radical (unpaired) electrons. The van der Waals surface area contributed by atoms with Gasteiger partial charge in [-0.1, -0.05) is 24.3 Å². The van der Waals surface area contributed by atoms with Gasteiger partial charge in [-0.2, -0.15) is 0 Å². The van der Waals surface area contributed by atoms with Crippen LogP contribution in [0, 0.1) is 0 Å². The van der Waals surface area contributed by atoms with E-state index in [1.807, 2.05) is 26.0 Å². The Morgan fingerprint density at radius 3 is 2.84 bits per heavy atom. The van der Waals surface area contributed by atoms with E-state index in [1.165, 1.54) is 5.56 Å². The fraction of sp³-hybridized carbons (Fsp3) is 0.368. The molecule has 1 atom stereocenters. The molecule has 2 aromatic carbocycles. The number of hydrogen-bond donors (Lipinski definition) is 1. The van der Waals surface area contributed by atoms with Crippen LogP contribution in [0.1, 0.15) is 25.0 Å². The minimum absolute atomic E-state index is 0.172. The van der Waals surface area contributed by atoms with Crippen molar-refractivity contribution < 1.29 is 17.9 Å². The van der Waals surface area contributed by atoms with Crippen LogP contribution in [0.2, 0.25) is 0 Å². The van der Waals surface area contributed by atoms with Gasteiger partial charge in [-0.15, -0.1) is 0 Å². The summed E-state index contributed by atoms with van der Waals surface area (Å²) >= 11 is 0. The van der Waals surface area contributed by atoms with Crippen molar-refractivity contribution in [3.63, 3.8) is 0 Å². The summed E-state index contributed by atoms with van der Waals surface area (Å²) in [6.45, 7) is 4.83. The molecule has 1 N–H and O–H groups in total. The highest BCUT2D eigenvalue weighted by Crippen LogP contribution is 2.27. The Morgan fingerprint density at radius 2 is 2.04 bits per heavy atom. The first-order valence-electron chi connectivity index (χ1n) is 8.48. The lowest BCUT2D eigenvalue weighted by atomic mass is 10.0. The van der Waals surface area contributed by atoms with E-state index in [-0.39, 0.29) is 10.9 Å². The number of nitrogens with one attached hydrogen (secondary N) is 1. The van der Waals surface area contributed by atoms with Gasteiger partial charge in [0.15, 0.2) is 0 Å². The smallest absolute Gasteiger partial charge is 0.244 e. The summed E-state index contributed by atoms with van der Waals surface area (Å²) in [6, 6.07) is 12.5. The number of rotatable bonds is 7. The number of fused-ring (bicyclic) bond motifs is 1. The average Bonchev–Trinajstić information content (AvgIpc) is 3.02. The van der Waals surface area contributed by atoms with E-state index >= 15 is 0 Å². The highest BCUT2D eigenvalue weighted by atomic mass is 32.2. The molecule has 134 valence electrons. The van der Waals surface area contributed by atoms with E-state index in [9.17, 15) is 8.42 Å². The quantitative estimate of drug-likeness (QED) is 0.823. The molecule has 25 heavy (non-hydrogen) atoms. The largest absolute Gasteiger partial charge is 0.493 e. The van der Waals surface area contributed by atoms with Crippen molar-refractivity contribution in [1.82, 2.24) is 4.72 Å². The Morgan fingerprint density at radius 1 is 1.24 bits per heavy atom. The fourth-order valence-electron chi connectivity index (χ4n) is 3.04. The lowest BCUT2D eigenvalue weighted by Gasteiger charge is -2.16. The van der Waals surface area contributed by atoms with Gasteiger partial charge in [0.25, 0.3) is 0 Å². The summed E-state index contributed by atoms with van der Waals surface area (Å²) in [7, 11) is -3.64. The summed E-state index contributed by atoms with van der Waals surface area (Å²) in [5, 5.41) is 0. The summed E-state index contributed by atoms with van der Waals surface area (Å²) in [5.74, 6) is 1.31. The molecule has 0 spiro atoms. The average molecular weight is 361 g/mol. The van der Waals surface area contributed by atoms with Crippen molar-refractivity contribution in [2.45, 2.75) is 37.6 Å². The second kappa shape index (κ2) is 7.45. The molecule has 1 heterocycles. The van der Waals surface area contributed by atoms with Gasteiger partial charge >= 0.3 is 0 Å². The first-order valence-corrected chi connectivity index (χ1v) is 9.96. The first kappa shape index (κ1) is 17.8. The van der Waals surface area contributed by atoms with E-state index in [2.05, 4.69) is 10.8 Å². The molecule has 0 bridgehead atoms. The van der Waals surface area contributed by atoms with Crippen LogP contribution in [0.4, 0.5) is 0 Å². The van der Waals surface area contributed by atoms with Crippen molar-refractivity contribution in [1.29, 1.82) is 0 Å². The molecule has 0 aromatic heterocycles. The number of para-hydroxylation sites is 1. The highest BCUT2D eigenvalue weighted by molar-refractivity contribution is 7.89. The van der Waals surface area contributed by atoms with Crippen LogP contribution < -0.4 is 14.2 Å². The number of ether oxygens (including phenoxy) is 2. The third kappa shape index (κ3) is 4.14. The van der Waals surface area contributed by atoms with Crippen LogP contribution in [0.3, 0.4) is 0 Å². The zero-order valence-electron chi connectivity index (χ0n) is 14.5. The summed E-state index contributed by atoms with van der Waals surface area (Å²) in [5.41, 5.74) is 2.28. The van der Waals surface area contributed by atoms with Crippen LogP contribution in [0.15, 0.2) is 47.4 Å². The van der Waals surface area contributed by atoms with Gasteiger partial charge in [0.05, 0.1) is 13.2 Å². The van der Waals surface area contributed by atoms with Crippen LogP contribution in [0.5, 0.6) is 11.5 Å². The maximum atomic E-state index is 12.7. The van der Waals surface area contributed by atoms with Crippen LogP contribution in [0.25, 0.3) is 0 Å². The molecule has 5 nitrogen and oxygen atoms in total. The second-order valence-corrected chi connectivity index (χ2v) is 7.83. The Balaban J connectivity index is 1.72. The van der Waals surface area contributed by atoms with E-state index in [0.29, 0.717) is 18.8 Å². The summed E-state index contributed by atoms with van der Waals surface area (Å²) in [4.78, 5) is 0.172. The molecule has 3 rings (SSSR count). The van der Waals surface area contributed by atoms with Crippen LogP contribution in [-0.4, -0.2) is 27.7 Å². The summed E-state index contributed by atoms with van der Waals surface area (Å²) in [6.07, 6.45) is 1.52. The van der Waals surface area contributed by atoms with Crippen molar-refractivity contribution in [2.75, 3.05) is 13.2 Å². The molecule has 0 amide bonds. The molecular formula is C19H23NO4S. The normalized spacial score (nSPS) is 14.6. The maximum Gasteiger partial charge on any atom is 0.244 e. The van der Waals surface area contributed by atoms with E-state index < -0.39 is 10.0 Å². The van der Waals surface area contributed by atoms with Gasteiger partial charge < -0.3 is 9.47 Å². The molecule has 0 saturated heterocycles. The van der Waals surface area contributed by atoms with Crippen molar-refractivity contribution in [2.24, 2.45) is 0 Å². The third-order valence-corrected chi connectivity index (χ3v) is 5.72. The fourth-order valence-corrected chi connectivity index (χ4v) is 4.43. The van der Waals surface area contributed by atoms with Crippen LogP contribution >= 0.6 is 0 Å². The standard InChI is InChI=1S/C19H23NO4S/c1-3-23-18-6-4-5-7-19(18)25(21,22)20-14(2)12-15-8-9-17-16(13-15)10-11-24-17/h4-9,13-14,20H,3,10-12H2,1-2H3. The molecule has 0 fully saturated rings. The van der Waals surface area contributed by atoms with Gasteiger partial charge in [0.1, 0.15) is 16.4 Å². The first-order chi connectivity index (χ1) is 12.0. The lowest BCUT2D eigenvalue weighted by molar-refractivity contribution is 0.331. The molecule has 1 unspecified atom stereocenters. The minimum atomic E-state index is -3.64. The van der Waals surface area contributed by atoms with Gasteiger partial charge in [-0.25, -0.2) is 13.1 Å². The molecule has 2 aromatic rings. The number of benzene rings is 2. The second-order valence-electron chi connectivity index (χ2n) is 6.15. The SMILES string of the molecule is CCOc1ccccc1S(=O)(=O)NC(C)Cc1ccc2c(c1)CCO2. The molecule has 6 heteroatoms. The van der Waals surface area contributed by atoms with Gasteiger partial charge in [-0.05, 0) is 49.6 Å². The molecule has 0 saturated carbocycles. The Bertz CT molecular complexity index is 848. The van der Waals surface area contributed by atoms with Crippen LogP contribution in [-0.2, 0) is 22.9 Å². The summed E-state index contributed by atoms with van der Waals surface area (Å²) < 4.78 is 39.1. The predicted octanol–water partition coefficient (Wildman–Crippen LogP) is 2.93. The Kier molecular flexibility index (Phi) is 5.30. The van der Waals surface area contributed by atoms with Crippen molar-refractivity contribution in [3.8, 4) is 11.5 Å². The van der Waals surface area contributed by atoms with Gasteiger partial charge in [-0.3, -0.25) is 0 Å². The molecule has 1 aliphatic heterocycles. The monoisotopic (exact) mass is 361 g/mol. The Labute approximate surface area is 149 Å². The Hall–Kier alpha value is -2.05. The third-order valence-electron chi connectivity index (χ3n) is 4.09. The van der Waals surface area contributed by atoms with E-state index in [0.717, 1.165) is 24.3 Å². The maximum absolute atomic E-state index is 12.7. The minimum Gasteiger partial charge on any atom is -0.493 e. The zero-order valence-corrected chi connectivity index (χ0v) is 15.3. The highest BCUT2D eigenvalue weighted by Gasteiger charge is 2.22. The molecular weight excluding hydrogens is 338 g/mol. The molecule has 1 aliphatic rings. The predicted molar refractivity (Wildman–Crippen MR) is 96.7 cm³/mol. The van der Waals surface area contributed by atoms with Gasteiger partial charge in [0.2, 0.25) is 10.0 Å². The van der Waals surface area contributed by atoms with E-state index in [4.69, 9.17) is 9.47 Å². The topological polar surface area (TPSA) is 64.6 Å². The number of hydrogen-bond acceptors (Lipinski definition) is 4. The molecule has 0 aliphatic carbocycles. The van der Waals surface area contributed by atoms with Crippen molar-refractivity contribution in [3.05, 3.63) is 53.6 Å². The van der Waals surface area contributed by atoms with E-state index in [1.54, 1.807) is 24.3 Å². The number of sulfonamides is 1. The van der Waals surface area contributed by atoms with Crippen molar-refractivity contribution >= 4 is 10.0 Å². The lowest BCUT2D eigenvalue weighted by Crippen LogP contribution is -2.34. The zero-order chi connectivity index (χ0) is 17.9. The van der Waals surface area contributed by atoms with Gasteiger partial charge in [0, 0.05) is 12.5 Å².